The summed E-state index contributed by atoms with van der Waals surface area (Å²) in [4.78, 5) is 8.24. The van der Waals surface area contributed by atoms with Crippen LogP contribution in [0.15, 0.2) is 23.1 Å². The smallest absolute Gasteiger partial charge is 0.227 e. The van der Waals surface area contributed by atoms with Crippen molar-refractivity contribution in [2.24, 2.45) is 7.05 Å². The topological polar surface area (TPSA) is 55.6 Å². The fraction of sp³-hybridized carbons (Fsp3) is 0.222. The monoisotopic (exact) mass is 267 g/mol. The van der Waals surface area contributed by atoms with Crippen LogP contribution in [-0.2, 0) is 7.05 Å². The molecule has 2 heterocycles. The quantitative estimate of drug-likeness (QED) is 0.905. The van der Waals surface area contributed by atoms with Gasteiger partial charge in [0.25, 0.3) is 0 Å². The minimum atomic E-state index is 0.564. The molecule has 0 aliphatic carbocycles. The molecular formula is C9H10BrN5. The molecule has 0 aliphatic heterocycles. The van der Waals surface area contributed by atoms with Gasteiger partial charge in [0.2, 0.25) is 5.95 Å². The van der Waals surface area contributed by atoms with Crippen LogP contribution >= 0.6 is 15.9 Å². The summed E-state index contributed by atoms with van der Waals surface area (Å²) in [7, 11) is 1.89. The molecule has 0 bridgehead atoms. The standard InChI is InChI=1S/C9H10BrN5/c1-6-8(5-13-15(6)2)14-9-11-3-7(10)4-12-9/h3-5H,1-2H3,(H,11,12,14). The van der Waals surface area contributed by atoms with E-state index >= 15 is 0 Å². The Labute approximate surface area is 95.7 Å². The molecule has 0 aliphatic rings. The maximum absolute atomic E-state index is 4.12. The molecule has 1 N–H and O–H groups in total. The number of nitrogens with one attached hydrogen (secondary N) is 1. The van der Waals surface area contributed by atoms with Crippen molar-refractivity contribution in [3.8, 4) is 0 Å². The van der Waals surface area contributed by atoms with Gasteiger partial charge in [0, 0.05) is 19.4 Å². The van der Waals surface area contributed by atoms with Crippen molar-refractivity contribution in [3.63, 3.8) is 0 Å². The molecule has 0 aromatic carbocycles. The molecule has 0 fully saturated rings. The lowest BCUT2D eigenvalue weighted by molar-refractivity contribution is 0.740. The minimum Gasteiger partial charge on any atom is -0.321 e. The van der Waals surface area contributed by atoms with Crippen molar-refractivity contribution in [3.05, 3.63) is 28.8 Å². The first-order valence-corrected chi connectivity index (χ1v) is 5.19. The van der Waals surface area contributed by atoms with Gasteiger partial charge in [-0.15, -0.1) is 0 Å². The van der Waals surface area contributed by atoms with Crippen LogP contribution in [0.4, 0.5) is 11.6 Å². The zero-order valence-corrected chi connectivity index (χ0v) is 9.98. The average molecular weight is 268 g/mol. The van der Waals surface area contributed by atoms with Gasteiger partial charge in [0.15, 0.2) is 0 Å². The molecule has 0 saturated carbocycles. The Morgan fingerprint density at radius 3 is 2.47 bits per heavy atom. The molecule has 0 spiro atoms. The first kappa shape index (κ1) is 10.1. The summed E-state index contributed by atoms with van der Waals surface area (Å²) in [6.45, 7) is 1.98. The van der Waals surface area contributed by atoms with Crippen LogP contribution in [0.5, 0.6) is 0 Å². The first-order valence-electron chi connectivity index (χ1n) is 4.40. The van der Waals surface area contributed by atoms with Crippen LogP contribution in [-0.4, -0.2) is 19.7 Å². The number of hydrogen-bond donors (Lipinski definition) is 1. The van der Waals surface area contributed by atoms with Gasteiger partial charge in [-0.1, -0.05) is 0 Å². The van der Waals surface area contributed by atoms with Crippen LogP contribution in [0.1, 0.15) is 5.69 Å². The molecule has 2 rings (SSSR count). The Hall–Kier alpha value is -1.43. The van der Waals surface area contributed by atoms with Crippen LogP contribution in [0.3, 0.4) is 0 Å². The van der Waals surface area contributed by atoms with Crippen LogP contribution in [0.2, 0.25) is 0 Å². The summed E-state index contributed by atoms with van der Waals surface area (Å²) in [6.07, 6.45) is 5.14. The van der Waals surface area contributed by atoms with Crippen molar-refractivity contribution in [1.82, 2.24) is 19.7 Å². The lowest BCUT2D eigenvalue weighted by Crippen LogP contribution is -1.98. The highest BCUT2D eigenvalue weighted by atomic mass is 79.9. The highest BCUT2D eigenvalue weighted by Crippen LogP contribution is 2.16. The molecule has 5 nitrogen and oxygen atoms in total. The van der Waals surface area contributed by atoms with Crippen molar-refractivity contribution >= 4 is 27.6 Å². The first-order chi connectivity index (χ1) is 7.16. The zero-order valence-electron chi connectivity index (χ0n) is 8.40. The van der Waals surface area contributed by atoms with Crippen LogP contribution in [0.25, 0.3) is 0 Å². The lowest BCUT2D eigenvalue weighted by atomic mass is 10.4. The summed E-state index contributed by atoms with van der Waals surface area (Å²) >= 11 is 3.28. The molecule has 2 aromatic rings. The normalized spacial score (nSPS) is 10.3. The Bertz CT molecular complexity index is 462. The Kier molecular flexibility index (Phi) is 2.68. The van der Waals surface area contributed by atoms with Crippen molar-refractivity contribution < 1.29 is 0 Å². The van der Waals surface area contributed by atoms with E-state index in [0.717, 1.165) is 15.9 Å². The number of aryl methyl sites for hydroxylation is 1. The lowest BCUT2D eigenvalue weighted by Gasteiger charge is -2.02. The molecule has 78 valence electrons. The van der Waals surface area contributed by atoms with Gasteiger partial charge in [0.1, 0.15) is 0 Å². The molecule has 0 atom stereocenters. The molecule has 15 heavy (non-hydrogen) atoms. The Balaban J connectivity index is 2.22. The van der Waals surface area contributed by atoms with Crippen LogP contribution < -0.4 is 5.32 Å². The number of halogens is 1. The van der Waals surface area contributed by atoms with Gasteiger partial charge in [-0.2, -0.15) is 5.10 Å². The number of hydrogen-bond acceptors (Lipinski definition) is 4. The van der Waals surface area contributed by atoms with E-state index in [0.29, 0.717) is 5.95 Å². The number of rotatable bonds is 2. The average Bonchev–Trinajstić information content (AvgIpc) is 2.53. The van der Waals surface area contributed by atoms with E-state index in [-0.39, 0.29) is 0 Å². The molecule has 0 amide bonds. The van der Waals surface area contributed by atoms with Gasteiger partial charge in [-0.05, 0) is 22.9 Å². The van der Waals surface area contributed by atoms with Gasteiger partial charge in [-0.3, -0.25) is 4.68 Å². The fourth-order valence-corrected chi connectivity index (χ4v) is 1.32. The highest BCUT2D eigenvalue weighted by Gasteiger charge is 2.04. The van der Waals surface area contributed by atoms with Gasteiger partial charge in [0.05, 0.1) is 22.1 Å². The Morgan fingerprint density at radius 2 is 1.93 bits per heavy atom. The van der Waals surface area contributed by atoms with E-state index in [9.17, 15) is 0 Å². The second-order valence-electron chi connectivity index (χ2n) is 3.12. The third-order valence-electron chi connectivity index (χ3n) is 2.10. The maximum atomic E-state index is 4.12. The Morgan fingerprint density at radius 1 is 1.27 bits per heavy atom. The molecule has 2 aromatic heterocycles. The van der Waals surface area contributed by atoms with Crippen molar-refractivity contribution in [1.29, 1.82) is 0 Å². The van der Waals surface area contributed by atoms with E-state index in [1.54, 1.807) is 23.3 Å². The summed E-state index contributed by atoms with van der Waals surface area (Å²) in [5, 5.41) is 7.21. The molecule has 0 unspecified atom stereocenters. The summed E-state index contributed by atoms with van der Waals surface area (Å²) < 4.78 is 2.65. The minimum absolute atomic E-state index is 0.564. The van der Waals surface area contributed by atoms with Gasteiger partial charge >= 0.3 is 0 Å². The number of nitrogens with zero attached hydrogens (tertiary/aromatic N) is 4. The van der Waals surface area contributed by atoms with E-state index in [1.807, 2.05) is 14.0 Å². The van der Waals surface area contributed by atoms with Crippen molar-refractivity contribution in [2.75, 3.05) is 5.32 Å². The zero-order chi connectivity index (χ0) is 10.8. The predicted molar refractivity (Wildman–Crippen MR) is 61.0 cm³/mol. The maximum Gasteiger partial charge on any atom is 0.227 e. The van der Waals surface area contributed by atoms with Crippen LogP contribution in [0, 0.1) is 6.92 Å². The number of aromatic nitrogens is 4. The van der Waals surface area contributed by atoms with Gasteiger partial charge < -0.3 is 5.32 Å². The molecule has 6 heteroatoms. The third kappa shape index (κ3) is 2.15. The summed E-state index contributed by atoms with van der Waals surface area (Å²) in [6, 6.07) is 0. The second kappa shape index (κ2) is 3.98. The van der Waals surface area contributed by atoms with E-state index < -0.39 is 0 Å². The largest absolute Gasteiger partial charge is 0.321 e. The van der Waals surface area contributed by atoms with Crippen molar-refractivity contribution in [2.45, 2.75) is 6.92 Å². The third-order valence-corrected chi connectivity index (χ3v) is 2.51. The second-order valence-corrected chi connectivity index (χ2v) is 4.03. The molecule has 0 saturated heterocycles. The van der Waals surface area contributed by atoms with E-state index in [2.05, 4.69) is 36.3 Å². The summed E-state index contributed by atoms with van der Waals surface area (Å²) in [5.41, 5.74) is 1.96. The van der Waals surface area contributed by atoms with E-state index in [1.165, 1.54) is 0 Å². The van der Waals surface area contributed by atoms with Gasteiger partial charge in [-0.25, -0.2) is 9.97 Å². The fourth-order valence-electron chi connectivity index (χ4n) is 1.12. The summed E-state index contributed by atoms with van der Waals surface area (Å²) in [5.74, 6) is 0.564. The SMILES string of the molecule is Cc1c(Nc2ncc(Br)cn2)cnn1C. The molecular weight excluding hydrogens is 258 g/mol. The predicted octanol–water partition coefficient (Wildman–Crippen LogP) is 2.02. The number of anilines is 2. The van der Waals surface area contributed by atoms with E-state index in [4.69, 9.17) is 0 Å². The molecule has 0 radical (unpaired) electrons. The highest BCUT2D eigenvalue weighted by molar-refractivity contribution is 9.10.